The number of methoxy groups -OCH3 is 1. The lowest BCUT2D eigenvalue weighted by Gasteiger charge is -2.42. The standard InChI is InChI=1S/C24H42O5/c1-5-6-13-22(2,3)18-20(25)19-23(21(26)27,24(28)15-10-11-16-24)14-9-7-8-12-17-29-4/h7-8,28H,5-6,9-19H2,1-4H3,(H,26,27). The monoisotopic (exact) mass is 410 g/mol. The lowest BCUT2D eigenvalue weighted by molar-refractivity contribution is -0.174. The second-order valence-electron chi connectivity index (χ2n) is 9.58. The van der Waals surface area contributed by atoms with E-state index in [2.05, 4.69) is 20.8 Å². The molecule has 0 bridgehead atoms. The molecule has 1 atom stereocenters. The average Bonchev–Trinajstić information content (AvgIpc) is 3.09. The van der Waals surface area contributed by atoms with Gasteiger partial charge < -0.3 is 14.9 Å². The number of carbonyl (C=O) groups is 2. The summed E-state index contributed by atoms with van der Waals surface area (Å²) in [6, 6.07) is 0. The maximum absolute atomic E-state index is 13.0. The summed E-state index contributed by atoms with van der Waals surface area (Å²) in [5.41, 5.74) is -2.86. The summed E-state index contributed by atoms with van der Waals surface area (Å²) in [4.78, 5) is 25.5. The number of carboxylic acids is 1. The van der Waals surface area contributed by atoms with Crippen LogP contribution in [0.15, 0.2) is 12.2 Å². The van der Waals surface area contributed by atoms with Crippen molar-refractivity contribution in [3.05, 3.63) is 12.2 Å². The van der Waals surface area contributed by atoms with Gasteiger partial charge in [0.05, 0.1) is 5.60 Å². The molecular formula is C24H42O5. The maximum Gasteiger partial charge on any atom is 0.313 e. The first-order valence-electron chi connectivity index (χ1n) is 11.2. The Hall–Kier alpha value is -1.20. The number of unbranched alkanes of at least 4 members (excludes halogenated alkanes) is 1. The van der Waals surface area contributed by atoms with Crippen molar-refractivity contribution in [2.24, 2.45) is 10.8 Å². The van der Waals surface area contributed by atoms with Crippen LogP contribution in [0.3, 0.4) is 0 Å². The van der Waals surface area contributed by atoms with Gasteiger partial charge in [-0.15, -0.1) is 0 Å². The van der Waals surface area contributed by atoms with Crippen LogP contribution in [0, 0.1) is 10.8 Å². The quantitative estimate of drug-likeness (QED) is 0.283. The second-order valence-corrected chi connectivity index (χ2v) is 9.58. The van der Waals surface area contributed by atoms with Crippen LogP contribution in [-0.4, -0.2) is 41.3 Å². The number of hydrogen-bond donors (Lipinski definition) is 2. The van der Waals surface area contributed by atoms with Crippen LogP contribution in [0.5, 0.6) is 0 Å². The van der Waals surface area contributed by atoms with Gasteiger partial charge in [-0.1, -0.05) is 58.6 Å². The molecule has 1 rings (SSSR count). The molecule has 0 heterocycles. The Morgan fingerprint density at radius 3 is 2.24 bits per heavy atom. The van der Waals surface area contributed by atoms with E-state index in [4.69, 9.17) is 4.74 Å². The van der Waals surface area contributed by atoms with Crippen LogP contribution < -0.4 is 0 Å². The van der Waals surface area contributed by atoms with Gasteiger partial charge in [0.1, 0.15) is 11.2 Å². The third-order valence-corrected chi connectivity index (χ3v) is 6.51. The largest absolute Gasteiger partial charge is 0.481 e. The van der Waals surface area contributed by atoms with Crippen LogP contribution in [-0.2, 0) is 14.3 Å². The zero-order valence-electron chi connectivity index (χ0n) is 19.0. The van der Waals surface area contributed by atoms with E-state index in [0.29, 0.717) is 32.3 Å². The molecule has 0 aromatic carbocycles. The lowest BCUT2D eigenvalue weighted by Crippen LogP contribution is -2.53. The minimum absolute atomic E-state index is 0.0443. The number of allylic oxidation sites excluding steroid dienone is 1. The molecule has 1 aliphatic rings. The van der Waals surface area contributed by atoms with E-state index < -0.39 is 17.0 Å². The number of rotatable bonds is 15. The fourth-order valence-corrected chi connectivity index (χ4v) is 4.73. The Morgan fingerprint density at radius 1 is 1.07 bits per heavy atom. The summed E-state index contributed by atoms with van der Waals surface area (Å²) in [7, 11) is 1.65. The molecule has 1 fully saturated rings. The van der Waals surface area contributed by atoms with Gasteiger partial charge in [-0.2, -0.15) is 0 Å². The number of carbonyl (C=O) groups excluding carboxylic acids is 1. The van der Waals surface area contributed by atoms with Gasteiger partial charge in [-0.05, 0) is 43.9 Å². The number of ether oxygens (including phenoxy) is 1. The van der Waals surface area contributed by atoms with Gasteiger partial charge >= 0.3 is 5.97 Å². The van der Waals surface area contributed by atoms with E-state index in [9.17, 15) is 19.8 Å². The van der Waals surface area contributed by atoms with Crippen molar-refractivity contribution in [3.63, 3.8) is 0 Å². The molecule has 0 aromatic heterocycles. The van der Waals surface area contributed by atoms with E-state index in [1.165, 1.54) is 0 Å². The maximum atomic E-state index is 13.0. The van der Waals surface area contributed by atoms with Crippen molar-refractivity contribution in [1.29, 1.82) is 0 Å². The van der Waals surface area contributed by atoms with Crippen LogP contribution in [0.4, 0.5) is 0 Å². The minimum Gasteiger partial charge on any atom is -0.481 e. The van der Waals surface area contributed by atoms with E-state index >= 15 is 0 Å². The summed E-state index contributed by atoms with van der Waals surface area (Å²) >= 11 is 0. The highest BCUT2D eigenvalue weighted by Crippen LogP contribution is 2.50. The van der Waals surface area contributed by atoms with Crippen LogP contribution in [0.2, 0.25) is 0 Å². The van der Waals surface area contributed by atoms with E-state index in [1.807, 2.05) is 12.2 Å². The molecule has 5 nitrogen and oxygen atoms in total. The van der Waals surface area contributed by atoms with Crippen LogP contribution >= 0.6 is 0 Å². The molecular weight excluding hydrogens is 368 g/mol. The summed E-state index contributed by atoms with van der Waals surface area (Å²) < 4.78 is 5.02. The van der Waals surface area contributed by atoms with Gasteiger partial charge in [-0.25, -0.2) is 0 Å². The minimum atomic E-state index is -1.41. The molecule has 0 spiro atoms. The van der Waals surface area contributed by atoms with Crippen molar-refractivity contribution < 1.29 is 24.5 Å². The molecule has 168 valence electrons. The molecule has 1 aliphatic carbocycles. The third kappa shape index (κ3) is 7.53. The van der Waals surface area contributed by atoms with Crippen LogP contribution in [0.25, 0.3) is 0 Å². The van der Waals surface area contributed by atoms with E-state index in [0.717, 1.165) is 38.5 Å². The normalized spacial score (nSPS) is 18.8. The number of ketones is 1. The Kier molecular flexibility index (Phi) is 10.6. The zero-order valence-corrected chi connectivity index (χ0v) is 19.0. The Morgan fingerprint density at radius 2 is 1.69 bits per heavy atom. The molecule has 5 heteroatoms. The summed E-state index contributed by atoms with van der Waals surface area (Å²) in [5, 5.41) is 21.5. The first kappa shape index (κ1) is 25.8. The predicted molar refractivity (Wildman–Crippen MR) is 116 cm³/mol. The second kappa shape index (κ2) is 11.8. The molecule has 2 N–H and O–H groups in total. The molecule has 0 saturated heterocycles. The molecule has 0 aromatic rings. The van der Waals surface area contributed by atoms with Gasteiger partial charge in [-0.3, -0.25) is 9.59 Å². The van der Waals surface area contributed by atoms with Crippen molar-refractivity contribution in [3.8, 4) is 0 Å². The molecule has 0 radical (unpaired) electrons. The summed E-state index contributed by atoms with van der Waals surface area (Å²) in [5.74, 6) is -1.08. The fourth-order valence-electron chi connectivity index (χ4n) is 4.73. The number of Topliss-reactive ketones (excluding diaryl/α,β-unsaturated/α-hetero) is 1. The Balaban J connectivity index is 2.98. The number of aliphatic carboxylic acids is 1. The highest BCUT2D eigenvalue weighted by atomic mass is 16.5. The Labute approximate surface area is 176 Å². The van der Waals surface area contributed by atoms with E-state index in [1.54, 1.807) is 7.11 Å². The average molecular weight is 411 g/mol. The number of carboxylic acid groups (broad SMARTS) is 1. The van der Waals surface area contributed by atoms with Gasteiger partial charge in [0.15, 0.2) is 0 Å². The summed E-state index contributed by atoms with van der Waals surface area (Å²) in [6.45, 7) is 6.90. The van der Waals surface area contributed by atoms with Gasteiger partial charge in [0, 0.05) is 26.6 Å². The highest BCUT2D eigenvalue weighted by Gasteiger charge is 2.57. The molecule has 1 unspecified atom stereocenters. The lowest BCUT2D eigenvalue weighted by atomic mass is 9.64. The third-order valence-electron chi connectivity index (χ3n) is 6.51. The van der Waals surface area contributed by atoms with Crippen molar-refractivity contribution in [2.75, 3.05) is 13.7 Å². The van der Waals surface area contributed by atoms with Crippen molar-refractivity contribution >= 4 is 11.8 Å². The zero-order chi connectivity index (χ0) is 22.0. The number of aliphatic hydroxyl groups is 1. The molecule has 29 heavy (non-hydrogen) atoms. The number of hydrogen-bond acceptors (Lipinski definition) is 4. The van der Waals surface area contributed by atoms with Crippen molar-refractivity contribution in [2.45, 2.75) is 103 Å². The summed E-state index contributed by atoms with van der Waals surface area (Å²) in [6.07, 6.45) is 11.4. The Bertz CT molecular complexity index is 545. The predicted octanol–water partition coefficient (Wildman–Crippen LogP) is 5.30. The van der Waals surface area contributed by atoms with Crippen LogP contribution in [0.1, 0.15) is 97.8 Å². The SMILES string of the molecule is CCCCC(C)(C)CC(=O)CC(CCC=CCCOC)(C(=O)O)C1(O)CCCC1. The molecule has 0 amide bonds. The van der Waals surface area contributed by atoms with Gasteiger partial charge in [0.25, 0.3) is 0 Å². The first-order valence-corrected chi connectivity index (χ1v) is 11.2. The molecule has 0 aliphatic heterocycles. The fraction of sp³-hybridized carbons (Fsp3) is 0.833. The topological polar surface area (TPSA) is 83.8 Å². The highest BCUT2D eigenvalue weighted by molar-refractivity contribution is 5.87. The van der Waals surface area contributed by atoms with E-state index in [-0.39, 0.29) is 24.0 Å². The smallest absolute Gasteiger partial charge is 0.313 e. The van der Waals surface area contributed by atoms with Gasteiger partial charge in [0.2, 0.25) is 0 Å². The van der Waals surface area contributed by atoms with Crippen molar-refractivity contribution in [1.82, 2.24) is 0 Å². The first-order chi connectivity index (χ1) is 13.6. The molecule has 1 saturated carbocycles.